The van der Waals surface area contributed by atoms with Crippen LogP contribution in [0.25, 0.3) is 0 Å². The Kier molecular flexibility index (Phi) is 9.08. The van der Waals surface area contributed by atoms with Gasteiger partial charge in [0.15, 0.2) is 0 Å². The Morgan fingerprint density at radius 1 is 0.837 bits per heavy atom. The minimum absolute atomic E-state index is 0.0246. The van der Waals surface area contributed by atoms with E-state index < -0.39 is 32.5 Å². The first-order valence-corrected chi connectivity index (χ1v) is 17.1. The van der Waals surface area contributed by atoms with Gasteiger partial charge in [0.2, 0.25) is 15.9 Å². The summed E-state index contributed by atoms with van der Waals surface area (Å²) in [4.78, 5) is 13.4. The number of halogens is 3. The highest BCUT2D eigenvalue weighted by atomic mass is 35.5. The molecule has 0 aliphatic carbocycles. The van der Waals surface area contributed by atoms with Gasteiger partial charge in [-0.05, 0) is 85.1 Å². The van der Waals surface area contributed by atoms with Gasteiger partial charge >= 0.3 is 0 Å². The lowest BCUT2D eigenvalue weighted by atomic mass is 10.1. The van der Waals surface area contributed by atoms with Gasteiger partial charge in [-0.15, -0.1) is 0 Å². The van der Waals surface area contributed by atoms with E-state index in [0.29, 0.717) is 33.4 Å². The summed E-state index contributed by atoms with van der Waals surface area (Å²) in [6.45, 7) is 1.37. The number of nitrogens with zero attached hydrogens (tertiary/aromatic N) is 2. The third kappa shape index (κ3) is 6.85. The molecule has 1 aliphatic rings. The van der Waals surface area contributed by atoms with Crippen LogP contribution < -0.4 is 9.62 Å². The van der Waals surface area contributed by atoms with E-state index in [9.17, 15) is 21.6 Å². The van der Waals surface area contributed by atoms with Crippen LogP contribution in [0.2, 0.25) is 15.1 Å². The van der Waals surface area contributed by atoms with Crippen LogP contribution in [0.5, 0.6) is 0 Å². The predicted octanol–water partition coefficient (Wildman–Crippen LogP) is 6.54. The van der Waals surface area contributed by atoms with Crippen molar-refractivity contribution in [1.82, 2.24) is 4.31 Å². The van der Waals surface area contributed by atoms with Gasteiger partial charge in [0.25, 0.3) is 10.0 Å². The van der Waals surface area contributed by atoms with Gasteiger partial charge in [-0.1, -0.05) is 64.6 Å². The number of hydrogen-bond donors (Lipinski definition) is 1. The van der Waals surface area contributed by atoms with E-state index >= 15 is 0 Å². The molecule has 8 nitrogen and oxygen atoms in total. The van der Waals surface area contributed by atoms with Crippen LogP contribution in [0.4, 0.5) is 11.4 Å². The summed E-state index contributed by atoms with van der Waals surface area (Å²) in [5.74, 6) is -0.620. The molecule has 0 spiro atoms. The Balaban J connectivity index is 1.40. The lowest BCUT2D eigenvalue weighted by Gasteiger charge is -2.23. The molecule has 13 heteroatoms. The number of carbonyl (C=O) groups excluding carboxylic acids is 1. The molecular formula is C30H26Cl3N3O5S2. The number of fused-ring (bicyclic) bond motifs is 1. The summed E-state index contributed by atoms with van der Waals surface area (Å²) in [7, 11) is -7.99. The second-order valence-electron chi connectivity index (χ2n) is 9.99. The van der Waals surface area contributed by atoms with Crippen molar-refractivity contribution < 1.29 is 21.6 Å². The third-order valence-electron chi connectivity index (χ3n) is 6.96. The summed E-state index contributed by atoms with van der Waals surface area (Å²) in [6, 6.07) is 21.9. The minimum atomic E-state index is -4.12. The molecule has 0 unspecified atom stereocenters. The molecule has 0 bridgehead atoms. The Morgan fingerprint density at radius 3 is 2.16 bits per heavy atom. The number of aryl methyl sites for hydroxylation is 1. The second-order valence-corrected chi connectivity index (χ2v) is 15.1. The molecule has 0 saturated heterocycles. The van der Waals surface area contributed by atoms with Gasteiger partial charge in [-0.25, -0.2) is 16.8 Å². The van der Waals surface area contributed by atoms with Gasteiger partial charge in [-0.3, -0.25) is 9.10 Å². The fraction of sp³-hybridized carbons (Fsp3) is 0.167. The standard InChI is InChI=1S/C30H26Cl3N3O5S2/c1-20-2-10-26(11-3-20)42(38,39)35(18-22-4-6-24(32)16-28(22)33)19-30(37)34-25-9-5-21-14-15-36(29(21)17-25)43(40,41)27-12-7-23(31)8-13-27/h2-13,16-17H,14-15,18-19H2,1H3,(H,34,37). The molecule has 1 aliphatic heterocycles. The first-order chi connectivity index (χ1) is 20.3. The average molecular weight is 679 g/mol. The van der Waals surface area contributed by atoms with Crippen LogP contribution in [-0.4, -0.2) is 40.1 Å². The largest absolute Gasteiger partial charge is 0.325 e. The zero-order chi connectivity index (χ0) is 30.9. The van der Waals surface area contributed by atoms with Crippen molar-refractivity contribution in [2.24, 2.45) is 0 Å². The monoisotopic (exact) mass is 677 g/mol. The molecule has 0 fully saturated rings. The van der Waals surface area contributed by atoms with Crippen LogP contribution in [0.1, 0.15) is 16.7 Å². The van der Waals surface area contributed by atoms with Gasteiger partial charge in [0, 0.05) is 33.8 Å². The molecule has 5 rings (SSSR count). The first kappa shape index (κ1) is 31.3. The maximum absolute atomic E-state index is 13.7. The van der Waals surface area contributed by atoms with E-state index in [0.717, 1.165) is 15.4 Å². The SMILES string of the molecule is Cc1ccc(S(=O)(=O)N(CC(=O)Nc2ccc3c(c2)N(S(=O)(=O)c2ccc(Cl)cc2)CC3)Cc2ccc(Cl)cc2Cl)cc1. The lowest BCUT2D eigenvalue weighted by Crippen LogP contribution is -2.37. The summed E-state index contributed by atoms with van der Waals surface area (Å²) in [5, 5.41) is 3.80. The van der Waals surface area contributed by atoms with E-state index in [-0.39, 0.29) is 27.9 Å². The van der Waals surface area contributed by atoms with Gasteiger partial charge in [0.05, 0.1) is 22.0 Å². The summed E-state index contributed by atoms with van der Waals surface area (Å²) in [6.07, 6.45) is 0.501. The molecular weight excluding hydrogens is 653 g/mol. The number of hydrogen-bond acceptors (Lipinski definition) is 5. The van der Waals surface area contributed by atoms with E-state index in [1.807, 2.05) is 6.92 Å². The normalized spacial score (nSPS) is 13.3. The molecule has 4 aromatic rings. The van der Waals surface area contributed by atoms with Gasteiger partial charge in [0.1, 0.15) is 0 Å². The fourth-order valence-corrected chi connectivity index (χ4v) is 8.16. The average Bonchev–Trinajstić information content (AvgIpc) is 3.39. The Labute approximate surface area is 265 Å². The lowest BCUT2D eigenvalue weighted by molar-refractivity contribution is -0.116. The molecule has 4 aromatic carbocycles. The molecule has 0 aromatic heterocycles. The van der Waals surface area contributed by atoms with Crippen molar-refractivity contribution in [2.75, 3.05) is 22.7 Å². The number of amides is 1. The zero-order valence-corrected chi connectivity index (χ0v) is 26.7. The number of anilines is 2. The Hall–Kier alpha value is -3.12. The molecule has 224 valence electrons. The van der Waals surface area contributed by atoms with Crippen LogP contribution in [0.3, 0.4) is 0 Å². The molecule has 0 saturated carbocycles. The molecule has 1 N–H and O–H groups in total. The first-order valence-electron chi connectivity index (χ1n) is 13.1. The fourth-order valence-electron chi connectivity index (χ4n) is 4.70. The maximum Gasteiger partial charge on any atom is 0.264 e. The van der Waals surface area contributed by atoms with E-state index in [2.05, 4.69) is 5.32 Å². The van der Waals surface area contributed by atoms with Crippen molar-refractivity contribution >= 4 is 72.1 Å². The third-order valence-corrected chi connectivity index (χ3v) is 11.4. The van der Waals surface area contributed by atoms with Gasteiger partial charge in [-0.2, -0.15) is 4.31 Å². The smallest absolute Gasteiger partial charge is 0.264 e. The van der Waals surface area contributed by atoms with Crippen LogP contribution in [0, 0.1) is 6.92 Å². The summed E-state index contributed by atoms with van der Waals surface area (Å²) < 4.78 is 56.4. The molecule has 0 atom stereocenters. The molecule has 43 heavy (non-hydrogen) atoms. The van der Waals surface area contributed by atoms with Gasteiger partial charge < -0.3 is 5.32 Å². The summed E-state index contributed by atoms with van der Waals surface area (Å²) >= 11 is 18.3. The van der Waals surface area contributed by atoms with Crippen LogP contribution in [-0.2, 0) is 37.8 Å². The molecule has 1 heterocycles. The highest BCUT2D eigenvalue weighted by Crippen LogP contribution is 2.35. The summed E-state index contributed by atoms with van der Waals surface area (Å²) in [5.41, 5.74) is 2.91. The maximum atomic E-state index is 13.7. The van der Waals surface area contributed by atoms with Crippen molar-refractivity contribution in [3.05, 3.63) is 117 Å². The zero-order valence-electron chi connectivity index (χ0n) is 22.8. The molecule has 0 radical (unpaired) electrons. The van der Waals surface area contributed by atoms with Crippen LogP contribution >= 0.6 is 34.8 Å². The van der Waals surface area contributed by atoms with E-state index in [4.69, 9.17) is 34.8 Å². The number of nitrogens with one attached hydrogen (secondary N) is 1. The number of sulfonamides is 2. The van der Waals surface area contributed by atoms with Crippen molar-refractivity contribution in [3.8, 4) is 0 Å². The van der Waals surface area contributed by atoms with E-state index in [1.54, 1.807) is 42.5 Å². The second kappa shape index (κ2) is 12.5. The quantitative estimate of drug-likeness (QED) is 0.217. The van der Waals surface area contributed by atoms with Crippen molar-refractivity contribution in [3.63, 3.8) is 0 Å². The van der Waals surface area contributed by atoms with Crippen LogP contribution in [0.15, 0.2) is 94.7 Å². The molecule has 1 amide bonds. The Morgan fingerprint density at radius 2 is 1.49 bits per heavy atom. The number of carbonyl (C=O) groups is 1. The Bertz CT molecular complexity index is 1900. The topological polar surface area (TPSA) is 104 Å². The number of benzene rings is 4. The highest BCUT2D eigenvalue weighted by molar-refractivity contribution is 7.92. The van der Waals surface area contributed by atoms with E-state index in [1.165, 1.54) is 46.8 Å². The predicted molar refractivity (Wildman–Crippen MR) is 170 cm³/mol. The van der Waals surface area contributed by atoms with Crippen molar-refractivity contribution in [2.45, 2.75) is 29.7 Å². The minimum Gasteiger partial charge on any atom is -0.325 e. The number of rotatable bonds is 9. The highest BCUT2D eigenvalue weighted by Gasteiger charge is 2.32. The van der Waals surface area contributed by atoms with Crippen molar-refractivity contribution in [1.29, 1.82) is 0 Å².